The Morgan fingerprint density at radius 3 is 2.70 bits per heavy atom. The third kappa shape index (κ3) is 2.37. The third-order valence-electron chi connectivity index (χ3n) is 3.72. The van der Waals surface area contributed by atoms with Crippen molar-refractivity contribution in [1.29, 1.82) is 0 Å². The Kier molecular flexibility index (Phi) is 2.96. The van der Waals surface area contributed by atoms with E-state index in [4.69, 9.17) is 9.52 Å². The Morgan fingerprint density at radius 2 is 2.05 bits per heavy atom. The van der Waals surface area contributed by atoms with Gasteiger partial charge in [-0.1, -0.05) is 0 Å². The number of carboxylic acids is 1. The van der Waals surface area contributed by atoms with Crippen LogP contribution in [0.4, 0.5) is 8.78 Å². The average Bonchev–Trinajstić information content (AvgIpc) is 2.81. The van der Waals surface area contributed by atoms with E-state index in [0.717, 1.165) is 0 Å². The minimum Gasteiger partial charge on any atom is -0.478 e. The molecule has 3 rings (SSSR count). The maximum absolute atomic E-state index is 13.1. The number of aromatic carboxylic acids is 1. The molecule has 0 saturated heterocycles. The molecule has 1 heterocycles. The molecule has 1 fully saturated rings. The maximum Gasteiger partial charge on any atom is 0.335 e. The molecular weight excluding hydrogens is 268 g/mol. The fraction of sp³-hybridized carbons (Fsp3) is 0.429. The molecule has 20 heavy (non-hydrogen) atoms. The maximum atomic E-state index is 13.1. The van der Waals surface area contributed by atoms with Crippen molar-refractivity contribution in [3.8, 4) is 0 Å². The summed E-state index contributed by atoms with van der Waals surface area (Å²) in [6.07, 6.45) is 0.366. The highest BCUT2D eigenvalue weighted by Gasteiger charge is 2.37. The Labute approximate surface area is 113 Å². The van der Waals surface area contributed by atoms with Gasteiger partial charge in [-0.15, -0.1) is 0 Å². The molecule has 0 unspecified atom stereocenters. The van der Waals surface area contributed by atoms with E-state index in [1.54, 1.807) is 6.07 Å². The van der Waals surface area contributed by atoms with Crippen molar-refractivity contribution in [2.75, 3.05) is 0 Å². The summed E-state index contributed by atoms with van der Waals surface area (Å²) in [5.74, 6) is -3.30. The Balaban J connectivity index is 1.88. The first-order valence-corrected chi connectivity index (χ1v) is 6.46. The number of carbonyl (C=O) groups is 1. The molecule has 6 heteroatoms. The number of hydrogen-bond donors (Lipinski definition) is 1. The molecule has 0 bridgehead atoms. The van der Waals surface area contributed by atoms with Gasteiger partial charge in [0.2, 0.25) is 5.92 Å². The quantitative estimate of drug-likeness (QED) is 0.908. The van der Waals surface area contributed by atoms with Gasteiger partial charge >= 0.3 is 5.97 Å². The van der Waals surface area contributed by atoms with Gasteiger partial charge in [-0.2, -0.15) is 0 Å². The van der Waals surface area contributed by atoms with Crippen LogP contribution >= 0.6 is 0 Å². The van der Waals surface area contributed by atoms with Gasteiger partial charge in [0.05, 0.1) is 5.56 Å². The smallest absolute Gasteiger partial charge is 0.335 e. The number of hydrogen-bond acceptors (Lipinski definition) is 3. The van der Waals surface area contributed by atoms with Crippen LogP contribution in [0, 0.1) is 0 Å². The molecule has 2 aromatic rings. The van der Waals surface area contributed by atoms with Crippen molar-refractivity contribution < 1.29 is 23.1 Å². The zero-order valence-electron chi connectivity index (χ0n) is 10.6. The van der Waals surface area contributed by atoms with Crippen LogP contribution in [0.25, 0.3) is 11.1 Å². The molecule has 0 radical (unpaired) electrons. The van der Waals surface area contributed by atoms with Gasteiger partial charge in [-0.05, 0) is 31.0 Å². The fourth-order valence-electron chi connectivity index (χ4n) is 2.54. The van der Waals surface area contributed by atoms with Crippen LogP contribution in [0.2, 0.25) is 0 Å². The van der Waals surface area contributed by atoms with Crippen LogP contribution in [-0.2, 0) is 0 Å². The number of nitrogens with zero attached hydrogens (tertiary/aromatic N) is 1. The summed E-state index contributed by atoms with van der Waals surface area (Å²) >= 11 is 0. The molecule has 0 atom stereocenters. The molecule has 0 aliphatic heterocycles. The summed E-state index contributed by atoms with van der Waals surface area (Å²) in [6.45, 7) is 0. The molecule has 1 aromatic carbocycles. The van der Waals surface area contributed by atoms with Crippen LogP contribution in [0.3, 0.4) is 0 Å². The lowest BCUT2D eigenvalue weighted by Gasteiger charge is -2.26. The summed E-state index contributed by atoms with van der Waals surface area (Å²) in [6, 6.07) is 4.42. The first-order valence-electron chi connectivity index (χ1n) is 6.46. The number of oxazole rings is 1. The van der Waals surface area contributed by atoms with Crippen molar-refractivity contribution >= 4 is 17.1 Å². The molecule has 1 aliphatic rings. The number of fused-ring (bicyclic) bond motifs is 1. The van der Waals surface area contributed by atoms with Gasteiger partial charge in [0.15, 0.2) is 11.5 Å². The molecule has 0 amide bonds. The Hall–Kier alpha value is -1.98. The molecule has 1 aromatic heterocycles. The van der Waals surface area contributed by atoms with Crippen LogP contribution in [0.15, 0.2) is 22.6 Å². The van der Waals surface area contributed by atoms with Crippen molar-refractivity contribution in [3.05, 3.63) is 29.7 Å². The lowest BCUT2D eigenvalue weighted by molar-refractivity contribution is -0.0397. The highest BCUT2D eigenvalue weighted by molar-refractivity contribution is 5.91. The SMILES string of the molecule is O=C(O)c1ccc2oc(C3CCC(F)(F)CC3)nc2c1. The monoisotopic (exact) mass is 281 g/mol. The second-order valence-electron chi connectivity index (χ2n) is 5.17. The molecule has 1 aliphatic carbocycles. The van der Waals surface area contributed by atoms with Gasteiger partial charge in [0.25, 0.3) is 0 Å². The lowest BCUT2D eigenvalue weighted by Crippen LogP contribution is -2.23. The number of alkyl halides is 2. The number of benzene rings is 1. The van der Waals surface area contributed by atoms with Gasteiger partial charge in [0, 0.05) is 18.8 Å². The predicted molar refractivity (Wildman–Crippen MR) is 67.1 cm³/mol. The second kappa shape index (κ2) is 4.54. The predicted octanol–water partition coefficient (Wildman–Crippen LogP) is 3.82. The van der Waals surface area contributed by atoms with E-state index < -0.39 is 11.9 Å². The first kappa shape index (κ1) is 13.0. The standard InChI is InChI=1S/C14H13F2NO3/c15-14(16)5-3-8(4-6-14)12-17-10-7-9(13(18)19)1-2-11(10)20-12/h1-2,7-8H,3-6H2,(H,18,19). The number of rotatable bonds is 2. The summed E-state index contributed by atoms with van der Waals surface area (Å²) in [5.41, 5.74) is 1.08. The highest BCUT2D eigenvalue weighted by atomic mass is 19.3. The van der Waals surface area contributed by atoms with Gasteiger partial charge < -0.3 is 9.52 Å². The number of carboxylic acid groups (broad SMARTS) is 1. The summed E-state index contributed by atoms with van der Waals surface area (Å²) < 4.78 is 31.8. The zero-order valence-corrected chi connectivity index (χ0v) is 10.6. The molecular formula is C14H13F2NO3. The Morgan fingerprint density at radius 1 is 1.35 bits per heavy atom. The topological polar surface area (TPSA) is 63.3 Å². The van der Waals surface area contributed by atoms with Gasteiger partial charge in [-0.25, -0.2) is 18.6 Å². The van der Waals surface area contributed by atoms with E-state index in [1.165, 1.54) is 12.1 Å². The number of halogens is 2. The van der Waals surface area contributed by atoms with E-state index in [-0.39, 0.29) is 24.3 Å². The second-order valence-corrected chi connectivity index (χ2v) is 5.17. The normalized spacial score (nSPS) is 19.3. The molecule has 106 valence electrons. The molecule has 4 nitrogen and oxygen atoms in total. The first-order chi connectivity index (χ1) is 9.44. The highest BCUT2D eigenvalue weighted by Crippen LogP contribution is 2.41. The summed E-state index contributed by atoms with van der Waals surface area (Å²) in [5, 5.41) is 8.92. The van der Waals surface area contributed by atoms with Crippen LogP contribution in [0.5, 0.6) is 0 Å². The van der Waals surface area contributed by atoms with Crippen molar-refractivity contribution in [2.24, 2.45) is 0 Å². The average molecular weight is 281 g/mol. The van der Waals surface area contributed by atoms with E-state index in [2.05, 4.69) is 4.98 Å². The van der Waals surface area contributed by atoms with Crippen LogP contribution in [-0.4, -0.2) is 22.0 Å². The van der Waals surface area contributed by atoms with Gasteiger partial charge in [-0.3, -0.25) is 0 Å². The molecule has 1 saturated carbocycles. The van der Waals surface area contributed by atoms with E-state index in [0.29, 0.717) is 29.8 Å². The van der Waals surface area contributed by atoms with E-state index in [1.807, 2.05) is 0 Å². The Bertz CT molecular complexity index is 655. The van der Waals surface area contributed by atoms with Crippen LogP contribution < -0.4 is 0 Å². The molecule has 1 N–H and O–H groups in total. The minimum absolute atomic E-state index is 0.115. The van der Waals surface area contributed by atoms with Crippen molar-refractivity contribution in [2.45, 2.75) is 37.5 Å². The fourth-order valence-corrected chi connectivity index (χ4v) is 2.54. The third-order valence-corrected chi connectivity index (χ3v) is 3.72. The van der Waals surface area contributed by atoms with Crippen molar-refractivity contribution in [3.63, 3.8) is 0 Å². The van der Waals surface area contributed by atoms with Gasteiger partial charge in [0.1, 0.15) is 5.52 Å². The lowest BCUT2D eigenvalue weighted by atomic mass is 9.87. The minimum atomic E-state index is -2.58. The largest absolute Gasteiger partial charge is 0.478 e. The number of aromatic nitrogens is 1. The molecule has 0 spiro atoms. The van der Waals surface area contributed by atoms with Crippen molar-refractivity contribution in [1.82, 2.24) is 4.98 Å². The summed E-state index contributed by atoms with van der Waals surface area (Å²) in [7, 11) is 0. The zero-order chi connectivity index (χ0) is 14.3. The van der Waals surface area contributed by atoms with Crippen LogP contribution in [0.1, 0.15) is 47.8 Å². The van der Waals surface area contributed by atoms with E-state index >= 15 is 0 Å². The summed E-state index contributed by atoms with van der Waals surface area (Å²) in [4.78, 5) is 15.1. The van der Waals surface area contributed by atoms with E-state index in [9.17, 15) is 13.6 Å².